The normalized spacial score (nSPS) is 24.7. The highest BCUT2D eigenvalue weighted by molar-refractivity contribution is 5.35. The van der Waals surface area contributed by atoms with Crippen LogP contribution in [0.2, 0.25) is 0 Å². The van der Waals surface area contributed by atoms with Crippen LogP contribution in [0.4, 0.5) is 0 Å². The Kier molecular flexibility index (Phi) is 4.83. The number of hydrogen-bond donors (Lipinski definition) is 2. The molecular formula is C19H27N3O. The van der Waals surface area contributed by atoms with Crippen LogP contribution in [-0.4, -0.2) is 27.3 Å². The molecule has 1 heterocycles. The number of aryl methyl sites for hydroxylation is 1. The van der Waals surface area contributed by atoms with Crippen LogP contribution in [0.3, 0.4) is 0 Å². The third-order valence-corrected chi connectivity index (χ3v) is 5.14. The molecule has 1 aromatic carbocycles. The number of imidazole rings is 1. The van der Waals surface area contributed by atoms with Crippen LogP contribution in [-0.2, 0) is 6.54 Å². The second-order valence-corrected chi connectivity index (χ2v) is 6.99. The fourth-order valence-corrected chi connectivity index (χ4v) is 3.61. The van der Waals surface area contributed by atoms with Crippen LogP contribution in [0.1, 0.15) is 44.1 Å². The Hall–Kier alpha value is -1.65. The quantitative estimate of drug-likeness (QED) is 0.891. The molecule has 0 bridgehead atoms. The van der Waals surface area contributed by atoms with Gasteiger partial charge in [-0.2, -0.15) is 0 Å². The first kappa shape index (κ1) is 16.2. The molecule has 1 aliphatic carbocycles. The Morgan fingerprint density at radius 3 is 2.83 bits per heavy atom. The lowest BCUT2D eigenvalue weighted by atomic mass is 9.73. The van der Waals surface area contributed by atoms with E-state index >= 15 is 0 Å². The summed E-state index contributed by atoms with van der Waals surface area (Å²) in [6, 6.07) is 10.3. The van der Waals surface area contributed by atoms with Gasteiger partial charge in [0, 0.05) is 24.2 Å². The van der Waals surface area contributed by atoms with Crippen molar-refractivity contribution in [2.75, 3.05) is 6.54 Å². The molecule has 124 valence electrons. The Morgan fingerprint density at radius 2 is 2.09 bits per heavy atom. The zero-order valence-electron chi connectivity index (χ0n) is 14.1. The minimum Gasteiger partial charge on any atom is -0.393 e. The molecule has 1 aliphatic rings. The molecule has 4 nitrogen and oxygen atoms in total. The molecular weight excluding hydrogens is 286 g/mol. The van der Waals surface area contributed by atoms with Crippen molar-refractivity contribution in [3.8, 4) is 5.69 Å². The number of aliphatic hydroxyl groups excluding tert-OH is 1. The van der Waals surface area contributed by atoms with Gasteiger partial charge in [-0.3, -0.25) is 4.57 Å². The SMILES string of the molecule is Cc1ncc(CNCC2(C)CCCCC2O)n1-c1ccccc1. The lowest BCUT2D eigenvalue weighted by Crippen LogP contribution is -2.43. The molecule has 2 aromatic rings. The van der Waals surface area contributed by atoms with Gasteiger partial charge >= 0.3 is 0 Å². The molecule has 1 saturated carbocycles. The number of hydrogen-bond acceptors (Lipinski definition) is 3. The van der Waals surface area contributed by atoms with Gasteiger partial charge in [0.15, 0.2) is 0 Å². The zero-order chi connectivity index (χ0) is 16.3. The lowest BCUT2D eigenvalue weighted by molar-refractivity contribution is 0.00109. The maximum atomic E-state index is 10.3. The number of nitrogens with zero attached hydrogens (tertiary/aromatic N) is 2. The fraction of sp³-hybridized carbons (Fsp3) is 0.526. The van der Waals surface area contributed by atoms with E-state index in [1.54, 1.807) is 0 Å². The van der Waals surface area contributed by atoms with Gasteiger partial charge in [0.2, 0.25) is 0 Å². The lowest BCUT2D eigenvalue weighted by Gasteiger charge is -2.38. The number of aromatic nitrogens is 2. The maximum Gasteiger partial charge on any atom is 0.110 e. The summed E-state index contributed by atoms with van der Waals surface area (Å²) < 4.78 is 2.19. The van der Waals surface area contributed by atoms with Crippen molar-refractivity contribution in [2.24, 2.45) is 5.41 Å². The Balaban J connectivity index is 1.68. The number of benzene rings is 1. The van der Waals surface area contributed by atoms with Gasteiger partial charge < -0.3 is 10.4 Å². The Bertz CT molecular complexity index is 637. The molecule has 0 spiro atoms. The first-order valence-corrected chi connectivity index (χ1v) is 8.57. The van der Waals surface area contributed by atoms with Crippen molar-refractivity contribution in [3.63, 3.8) is 0 Å². The summed E-state index contributed by atoms with van der Waals surface area (Å²) in [5.74, 6) is 0.997. The highest BCUT2D eigenvalue weighted by atomic mass is 16.3. The summed E-state index contributed by atoms with van der Waals surface area (Å²) in [7, 11) is 0. The van der Waals surface area contributed by atoms with E-state index in [-0.39, 0.29) is 11.5 Å². The summed E-state index contributed by atoms with van der Waals surface area (Å²) >= 11 is 0. The molecule has 0 aliphatic heterocycles. The minimum atomic E-state index is -0.190. The maximum absolute atomic E-state index is 10.3. The Labute approximate surface area is 138 Å². The van der Waals surface area contributed by atoms with Crippen molar-refractivity contribution in [3.05, 3.63) is 48.0 Å². The molecule has 0 saturated heterocycles. The highest BCUT2D eigenvalue weighted by Crippen LogP contribution is 2.35. The molecule has 2 atom stereocenters. The van der Waals surface area contributed by atoms with Crippen LogP contribution in [0, 0.1) is 12.3 Å². The highest BCUT2D eigenvalue weighted by Gasteiger charge is 2.34. The van der Waals surface area contributed by atoms with Gasteiger partial charge in [-0.05, 0) is 31.9 Å². The molecule has 1 fully saturated rings. The molecule has 23 heavy (non-hydrogen) atoms. The van der Waals surface area contributed by atoms with Gasteiger partial charge in [-0.15, -0.1) is 0 Å². The molecule has 4 heteroatoms. The van der Waals surface area contributed by atoms with E-state index in [1.807, 2.05) is 31.3 Å². The summed E-state index contributed by atoms with van der Waals surface area (Å²) in [6.07, 6.45) is 6.14. The molecule has 3 rings (SSSR count). The Morgan fingerprint density at radius 1 is 1.30 bits per heavy atom. The summed E-state index contributed by atoms with van der Waals surface area (Å²) in [5, 5.41) is 13.8. The van der Waals surface area contributed by atoms with E-state index in [2.05, 4.69) is 33.9 Å². The average Bonchev–Trinajstić information content (AvgIpc) is 2.92. The monoisotopic (exact) mass is 313 g/mol. The number of para-hydroxylation sites is 1. The van der Waals surface area contributed by atoms with E-state index in [9.17, 15) is 5.11 Å². The first-order valence-electron chi connectivity index (χ1n) is 8.57. The van der Waals surface area contributed by atoms with Crippen LogP contribution in [0.15, 0.2) is 36.5 Å². The van der Waals surface area contributed by atoms with E-state index in [4.69, 9.17) is 0 Å². The summed E-state index contributed by atoms with van der Waals surface area (Å²) in [4.78, 5) is 4.46. The fourth-order valence-electron chi connectivity index (χ4n) is 3.61. The smallest absolute Gasteiger partial charge is 0.110 e. The van der Waals surface area contributed by atoms with Crippen LogP contribution in [0.25, 0.3) is 5.69 Å². The van der Waals surface area contributed by atoms with Gasteiger partial charge in [0.05, 0.1) is 18.0 Å². The molecule has 1 aromatic heterocycles. The topological polar surface area (TPSA) is 50.1 Å². The molecule has 2 unspecified atom stereocenters. The summed E-state index contributed by atoms with van der Waals surface area (Å²) in [5.41, 5.74) is 2.29. The predicted molar refractivity (Wildman–Crippen MR) is 92.6 cm³/mol. The van der Waals surface area contributed by atoms with E-state index in [1.165, 1.54) is 6.42 Å². The van der Waals surface area contributed by atoms with Crippen LogP contribution in [0.5, 0.6) is 0 Å². The van der Waals surface area contributed by atoms with E-state index < -0.39 is 0 Å². The molecule has 2 N–H and O–H groups in total. The van der Waals surface area contributed by atoms with E-state index in [0.29, 0.717) is 0 Å². The van der Waals surface area contributed by atoms with E-state index in [0.717, 1.165) is 49.6 Å². The molecule has 0 amide bonds. The van der Waals surface area contributed by atoms with Gasteiger partial charge in [0.1, 0.15) is 5.82 Å². The number of rotatable bonds is 5. The number of nitrogens with one attached hydrogen (secondary N) is 1. The number of aliphatic hydroxyl groups is 1. The minimum absolute atomic E-state index is 0.00903. The summed E-state index contributed by atoms with van der Waals surface area (Å²) in [6.45, 7) is 5.83. The third kappa shape index (κ3) is 3.48. The van der Waals surface area contributed by atoms with Crippen molar-refractivity contribution in [2.45, 2.75) is 52.2 Å². The first-order chi connectivity index (χ1) is 11.1. The standard InChI is InChI=1S/C19H27N3O/c1-15-21-13-17(22(15)16-8-4-3-5-9-16)12-20-14-19(2)11-7-6-10-18(19)23/h3-5,8-9,13,18,20,23H,6-7,10-12,14H2,1-2H3. The van der Waals surface area contributed by atoms with Gasteiger partial charge in [-0.1, -0.05) is 38.0 Å². The zero-order valence-corrected chi connectivity index (χ0v) is 14.1. The second kappa shape index (κ2) is 6.85. The third-order valence-electron chi connectivity index (χ3n) is 5.14. The van der Waals surface area contributed by atoms with Crippen molar-refractivity contribution in [1.82, 2.24) is 14.9 Å². The van der Waals surface area contributed by atoms with Crippen molar-refractivity contribution >= 4 is 0 Å². The van der Waals surface area contributed by atoms with Crippen LogP contribution < -0.4 is 5.32 Å². The van der Waals surface area contributed by atoms with Crippen molar-refractivity contribution in [1.29, 1.82) is 0 Å². The van der Waals surface area contributed by atoms with Crippen LogP contribution >= 0.6 is 0 Å². The van der Waals surface area contributed by atoms with Crippen molar-refractivity contribution < 1.29 is 5.11 Å². The predicted octanol–water partition coefficient (Wildman–Crippen LogP) is 3.21. The molecule has 0 radical (unpaired) electrons. The largest absolute Gasteiger partial charge is 0.393 e. The van der Waals surface area contributed by atoms with Gasteiger partial charge in [0.25, 0.3) is 0 Å². The van der Waals surface area contributed by atoms with Gasteiger partial charge in [-0.25, -0.2) is 4.98 Å². The second-order valence-electron chi connectivity index (χ2n) is 6.99. The average molecular weight is 313 g/mol.